The van der Waals surface area contributed by atoms with Crippen molar-refractivity contribution in [3.8, 4) is 5.75 Å². The maximum atomic E-state index is 10.6. The van der Waals surface area contributed by atoms with Gasteiger partial charge < -0.3 is 9.84 Å². The van der Waals surface area contributed by atoms with E-state index in [1.54, 1.807) is 0 Å². The highest BCUT2D eigenvalue weighted by molar-refractivity contribution is 5.88. The van der Waals surface area contributed by atoms with E-state index < -0.39 is 6.10 Å². The van der Waals surface area contributed by atoms with Crippen molar-refractivity contribution in [2.24, 2.45) is 0 Å². The van der Waals surface area contributed by atoms with E-state index in [-0.39, 0.29) is 11.1 Å². The van der Waals surface area contributed by atoms with E-state index in [4.69, 9.17) is 4.74 Å². The lowest BCUT2D eigenvalue weighted by Crippen LogP contribution is -2.60. The summed E-state index contributed by atoms with van der Waals surface area (Å²) in [5.41, 5.74) is 0.227. The number of likely N-dealkylation sites (tertiary alicyclic amines) is 1. The van der Waals surface area contributed by atoms with Crippen LogP contribution in [-0.4, -0.2) is 40.3 Å². The second-order valence-corrected chi connectivity index (χ2v) is 8.53. The summed E-state index contributed by atoms with van der Waals surface area (Å²) in [6, 6.07) is 14.2. The van der Waals surface area contributed by atoms with Gasteiger partial charge in [-0.05, 0) is 58.4 Å². The smallest absolute Gasteiger partial charge is 0.127 e. The standard InChI is InChI=1S/C22H31NO2/c1-21(2)13-8-14-22(3,4)23(21)15-18(24)16-25-20-12-7-10-17-9-5-6-11-19(17)20/h5-7,9-12,18,24H,8,13-16H2,1-4H3. The van der Waals surface area contributed by atoms with Crippen molar-refractivity contribution in [1.29, 1.82) is 0 Å². The Morgan fingerprint density at radius 2 is 1.64 bits per heavy atom. The van der Waals surface area contributed by atoms with Gasteiger partial charge in [0.15, 0.2) is 0 Å². The molecule has 1 N–H and O–H groups in total. The molecule has 0 bridgehead atoms. The van der Waals surface area contributed by atoms with Crippen LogP contribution in [0.2, 0.25) is 0 Å². The van der Waals surface area contributed by atoms with Gasteiger partial charge in [-0.25, -0.2) is 0 Å². The van der Waals surface area contributed by atoms with Crippen LogP contribution in [0.3, 0.4) is 0 Å². The highest BCUT2D eigenvalue weighted by Crippen LogP contribution is 2.38. The molecule has 1 fully saturated rings. The predicted octanol–water partition coefficient (Wildman–Crippen LogP) is 4.62. The number of nitrogens with zero attached hydrogens (tertiary/aromatic N) is 1. The Kier molecular flexibility index (Phi) is 5.08. The third kappa shape index (κ3) is 3.99. The molecular weight excluding hydrogens is 310 g/mol. The highest BCUT2D eigenvalue weighted by Gasteiger charge is 2.41. The zero-order valence-electron chi connectivity index (χ0n) is 16.0. The number of β-amino-alcohol motifs (C(OH)–C–C–N with tert-alkyl or cyclic N) is 1. The number of hydrogen-bond acceptors (Lipinski definition) is 3. The number of aliphatic hydroxyl groups excluding tert-OH is 1. The molecule has 3 rings (SSSR count). The highest BCUT2D eigenvalue weighted by atomic mass is 16.5. The first-order valence-corrected chi connectivity index (χ1v) is 9.36. The largest absolute Gasteiger partial charge is 0.490 e. The third-order valence-corrected chi connectivity index (χ3v) is 5.61. The molecule has 1 atom stereocenters. The van der Waals surface area contributed by atoms with Crippen molar-refractivity contribution in [2.45, 2.75) is 64.1 Å². The van der Waals surface area contributed by atoms with Gasteiger partial charge in [-0.15, -0.1) is 0 Å². The van der Waals surface area contributed by atoms with Gasteiger partial charge in [0.1, 0.15) is 18.5 Å². The second-order valence-electron chi connectivity index (χ2n) is 8.53. The van der Waals surface area contributed by atoms with Gasteiger partial charge in [0.2, 0.25) is 0 Å². The van der Waals surface area contributed by atoms with Crippen molar-refractivity contribution in [1.82, 2.24) is 4.90 Å². The molecule has 1 unspecified atom stereocenters. The number of aliphatic hydroxyl groups is 1. The molecule has 1 heterocycles. The molecule has 0 aliphatic carbocycles. The van der Waals surface area contributed by atoms with Gasteiger partial charge in [-0.2, -0.15) is 0 Å². The van der Waals surface area contributed by atoms with Crippen molar-refractivity contribution < 1.29 is 9.84 Å². The van der Waals surface area contributed by atoms with Gasteiger partial charge in [0.25, 0.3) is 0 Å². The zero-order valence-corrected chi connectivity index (χ0v) is 16.0. The Hall–Kier alpha value is -1.58. The third-order valence-electron chi connectivity index (χ3n) is 5.61. The fourth-order valence-electron chi connectivity index (χ4n) is 4.31. The fourth-order valence-corrected chi connectivity index (χ4v) is 4.31. The van der Waals surface area contributed by atoms with Crippen LogP contribution in [0, 0.1) is 0 Å². The minimum absolute atomic E-state index is 0.113. The van der Waals surface area contributed by atoms with E-state index in [1.165, 1.54) is 19.3 Å². The molecule has 0 spiro atoms. The van der Waals surface area contributed by atoms with Gasteiger partial charge in [-0.1, -0.05) is 36.4 Å². The Balaban J connectivity index is 1.67. The van der Waals surface area contributed by atoms with E-state index in [2.05, 4.69) is 50.8 Å². The van der Waals surface area contributed by atoms with Crippen molar-refractivity contribution in [2.75, 3.05) is 13.2 Å². The van der Waals surface area contributed by atoms with Gasteiger partial charge in [0.05, 0.1) is 0 Å². The lowest BCUT2D eigenvalue weighted by atomic mass is 9.79. The molecular formula is C22H31NO2. The molecule has 2 aromatic rings. The molecule has 3 heteroatoms. The molecule has 1 saturated heterocycles. The Morgan fingerprint density at radius 3 is 2.36 bits per heavy atom. The van der Waals surface area contributed by atoms with Crippen LogP contribution >= 0.6 is 0 Å². The predicted molar refractivity (Wildman–Crippen MR) is 104 cm³/mol. The summed E-state index contributed by atoms with van der Waals surface area (Å²) in [6.45, 7) is 10.1. The number of fused-ring (bicyclic) bond motifs is 1. The number of piperidine rings is 1. The molecule has 0 amide bonds. The van der Waals surface area contributed by atoms with Crippen molar-refractivity contribution in [3.05, 3.63) is 42.5 Å². The van der Waals surface area contributed by atoms with Crippen LogP contribution in [-0.2, 0) is 0 Å². The van der Waals surface area contributed by atoms with E-state index in [9.17, 15) is 5.11 Å². The van der Waals surface area contributed by atoms with Crippen LogP contribution in [0.5, 0.6) is 5.75 Å². The van der Waals surface area contributed by atoms with Gasteiger partial charge >= 0.3 is 0 Å². The molecule has 1 aliphatic rings. The van der Waals surface area contributed by atoms with E-state index in [1.807, 2.05) is 24.3 Å². The van der Waals surface area contributed by atoms with Gasteiger partial charge in [-0.3, -0.25) is 4.90 Å². The Labute approximate surface area is 151 Å². The van der Waals surface area contributed by atoms with Crippen LogP contribution in [0.15, 0.2) is 42.5 Å². The topological polar surface area (TPSA) is 32.7 Å². The van der Waals surface area contributed by atoms with Crippen LogP contribution < -0.4 is 4.74 Å². The van der Waals surface area contributed by atoms with Crippen molar-refractivity contribution >= 4 is 10.8 Å². The fraction of sp³-hybridized carbons (Fsp3) is 0.545. The first kappa shape index (κ1) is 18.2. The maximum absolute atomic E-state index is 10.6. The van der Waals surface area contributed by atoms with Gasteiger partial charge in [0, 0.05) is 23.0 Å². The minimum Gasteiger partial charge on any atom is -0.490 e. The van der Waals surface area contributed by atoms with Crippen LogP contribution in [0.25, 0.3) is 10.8 Å². The lowest BCUT2D eigenvalue weighted by molar-refractivity contribution is -0.0606. The molecule has 0 saturated carbocycles. The zero-order chi connectivity index (χ0) is 18.1. The average Bonchev–Trinajstić information content (AvgIpc) is 2.56. The summed E-state index contributed by atoms with van der Waals surface area (Å²) in [6.07, 6.45) is 3.09. The number of hydrogen-bond donors (Lipinski definition) is 1. The number of ether oxygens (including phenoxy) is 1. The first-order valence-electron chi connectivity index (χ1n) is 9.36. The Bertz CT molecular complexity index is 702. The average molecular weight is 341 g/mol. The molecule has 1 aliphatic heterocycles. The Morgan fingerprint density at radius 1 is 1.00 bits per heavy atom. The van der Waals surface area contributed by atoms with E-state index in [0.717, 1.165) is 16.5 Å². The molecule has 2 aromatic carbocycles. The van der Waals surface area contributed by atoms with E-state index in [0.29, 0.717) is 13.2 Å². The number of rotatable bonds is 5. The second kappa shape index (κ2) is 6.97. The summed E-state index contributed by atoms with van der Waals surface area (Å²) < 4.78 is 5.98. The molecule has 136 valence electrons. The van der Waals surface area contributed by atoms with E-state index >= 15 is 0 Å². The quantitative estimate of drug-likeness (QED) is 0.861. The SMILES string of the molecule is CC1(C)CCCC(C)(C)N1CC(O)COc1cccc2ccccc12. The summed E-state index contributed by atoms with van der Waals surface area (Å²) >= 11 is 0. The minimum atomic E-state index is -0.504. The summed E-state index contributed by atoms with van der Waals surface area (Å²) in [5.74, 6) is 0.842. The molecule has 3 nitrogen and oxygen atoms in total. The molecule has 25 heavy (non-hydrogen) atoms. The normalized spacial score (nSPS) is 21.2. The van der Waals surface area contributed by atoms with Crippen LogP contribution in [0.4, 0.5) is 0 Å². The summed E-state index contributed by atoms with van der Waals surface area (Å²) in [5, 5.41) is 12.9. The number of benzene rings is 2. The first-order chi connectivity index (χ1) is 11.8. The molecule has 0 radical (unpaired) electrons. The van der Waals surface area contributed by atoms with Crippen LogP contribution in [0.1, 0.15) is 47.0 Å². The lowest BCUT2D eigenvalue weighted by Gasteiger charge is -2.53. The summed E-state index contributed by atoms with van der Waals surface area (Å²) in [7, 11) is 0. The molecule has 0 aromatic heterocycles. The summed E-state index contributed by atoms with van der Waals surface area (Å²) in [4.78, 5) is 2.46. The monoisotopic (exact) mass is 341 g/mol. The maximum Gasteiger partial charge on any atom is 0.127 e. The van der Waals surface area contributed by atoms with Crippen molar-refractivity contribution in [3.63, 3.8) is 0 Å².